The van der Waals surface area contributed by atoms with Crippen molar-refractivity contribution in [2.75, 3.05) is 5.32 Å². The smallest absolute Gasteiger partial charge is 0.744 e. The summed E-state index contributed by atoms with van der Waals surface area (Å²) in [7, 11) is -15.8. The number of nitrogens with one attached hydrogen (secondary N) is 1. The van der Waals surface area contributed by atoms with Crippen LogP contribution < -0.4 is 94.0 Å². The molecule has 3 aromatic carbocycles. The van der Waals surface area contributed by atoms with E-state index >= 15 is 0 Å². The van der Waals surface area contributed by atoms with Gasteiger partial charge in [-0.3, -0.25) is 14.9 Å². The molecule has 0 bridgehead atoms. The molecule has 0 heterocycles. The number of non-ortho nitro benzene ring substituents is 1. The molecule has 0 saturated carbocycles. The molecule has 0 fully saturated rings. The van der Waals surface area contributed by atoms with Gasteiger partial charge in [-0.25, -0.2) is 25.3 Å². The minimum absolute atomic E-state index is 0. The van der Waals surface area contributed by atoms with Crippen molar-refractivity contribution in [2.24, 2.45) is 0 Å². The van der Waals surface area contributed by atoms with E-state index in [-0.39, 0.29) is 94.1 Å². The van der Waals surface area contributed by atoms with Crippen molar-refractivity contribution >= 4 is 58.4 Å². The van der Waals surface area contributed by atoms with Crippen molar-refractivity contribution in [2.45, 2.75) is 14.7 Å². The van der Waals surface area contributed by atoms with E-state index in [2.05, 4.69) is 0 Å². The summed E-state index contributed by atoms with van der Waals surface area (Å²) in [4.78, 5) is 19.5. The molecule has 37 heavy (non-hydrogen) atoms. The standard InChI is InChI=1S/C17H12N2O12S3.3Na/c20-17(12-5-4-10(19(21)22)7-15(12)34(29,30)31)18-13-8-11(32(23,24)25)6-9-2-1-3-14(16(9)13)33(26,27)28;;;/h1-8H,(H,18,20)(H,23,24,25)(H,26,27,28)(H,29,30,31);;;/q;3*+1/p-3. The Hall–Kier alpha value is -0.480. The fraction of sp³-hybridized carbons (Fsp3) is 0. The van der Waals surface area contributed by atoms with E-state index in [1.165, 1.54) is 0 Å². The molecule has 1 N–H and O–H groups in total. The third-order valence-electron chi connectivity index (χ3n) is 4.41. The molecule has 0 aliphatic carbocycles. The van der Waals surface area contributed by atoms with Crippen LogP contribution in [0.4, 0.5) is 11.4 Å². The average molecular weight is 598 g/mol. The fourth-order valence-electron chi connectivity index (χ4n) is 3.03. The molecule has 14 nitrogen and oxygen atoms in total. The number of anilines is 1. The van der Waals surface area contributed by atoms with E-state index in [4.69, 9.17) is 0 Å². The molecule has 0 aromatic heterocycles. The van der Waals surface area contributed by atoms with Gasteiger partial charge >= 0.3 is 88.7 Å². The maximum Gasteiger partial charge on any atom is 1.00 e. The maximum absolute atomic E-state index is 12.8. The van der Waals surface area contributed by atoms with Crippen LogP contribution in [0.2, 0.25) is 0 Å². The zero-order valence-electron chi connectivity index (χ0n) is 19.2. The minimum Gasteiger partial charge on any atom is -0.744 e. The van der Waals surface area contributed by atoms with Gasteiger partial charge in [-0.15, -0.1) is 0 Å². The number of hydrogen-bond donors (Lipinski definition) is 1. The number of benzene rings is 3. The summed E-state index contributed by atoms with van der Waals surface area (Å²) >= 11 is 0. The van der Waals surface area contributed by atoms with Gasteiger partial charge in [0.1, 0.15) is 30.4 Å². The maximum atomic E-state index is 12.8. The Balaban J connectivity index is 0.00000432. The monoisotopic (exact) mass is 598 g/mol. The second-order valence-corrected chi connectivity index (χ2v) is 10.7. The van der Waals surface area contributed by atoms with Crippen LogP contribution in [0.5, 0.6) is 0 Å². The van der Waals surface area contributed by atoms with Gasteiger partial charge in [-0.2, -0.15) is 0 Å². The van der Waals surface area contributed by atoms with E-state index in [0.29, 0.717) is 24.3 Å². The molecule has 20 heteroatoms. The zero-order valence-corrected chi connectivity index (χ0v) is 27.6. The molecule has 3 rings (SSSR count). The number of carbonyl (C=O) groups is 1. The Labute approximate surface area is 276 Å². The fourth-order valence-corrected chi connectivity index (χ4v) is 4.98. The van der Waals surface area contributed by atoms with Crippen LogP contribution in [-0.2, 0) is 30.4 Å². The number of fused-ring (bicyclic) bond motifs is 1. The number of nitro benzene ring substituents is 1. The number of nitrogens with zero attached hydrogens (tertiary/aromatic N) is 1. The van der Waals surface area contributed by atoms with Crippen molar-refractivity contribution in [3.8, 4) is 0 Å². The van der Waals surface area contributed by atoms with Crippen molar-refractivity contribution in [3.05, 3.63) is 64.2 Å². The minimum atomic E-state index is -5.44. The van der Waals surface area contributed by atoms with Crippen molar-refractivity contribution < 1.29 is 137 Å². The molecule has 0 atom stereocenters. The third kappa shape index (κ3) is 8.50. The Morgan fingerprint density at radius 1 is 0.757 bits per heavy atom. The Kier molecular flexibility index (Phi) is 13.1. The van der Waals surface area contributed by atoms with Crippen molar-refractivity contribution in [1.29, 1.82) is 0 Å². The van der Waals surface area contributed by atoms with Crippen LogP contribution >= 0.6 is 0 Å². The predicted octanol–water partition coefficient (Wildman–Crippen LogP) is -8.28. The van der Waals surface area contributed by atoms with Crippen LogP contribution in [-0.4, -0.2) is 49.7 Å². The van der Waals surface area contributed by atoms with Crippen LogP contribution in [0.15, 0.2) is 63.2 Å². The molecule has 0 aliphatic heterocycles. The second kappa shape index (κ2) is 13.2. The van der Waals surface area contributed by atoms with E-state index in [1.54, 1.807) is 0 Å². The topological polar surface area (TPSA) is 244 Å². The van der Waals surface area contributed by atoms with Gasteiger partial charge in [0.2, 0.25) is 0 Å². The molecule has 0 saturated heterocycles. The van der Waals surface area contributed by atoms with E-state index < -0.39 is 78.2 Å². The quantitative estimate of drug-likeness (QED) is 0.120. The summed E-state index contributed by atoms with van der Waals surface area (Å²) in [6, 6.07) is 5.97. The molecular formula is C17H9N2Na3O12S3. The summed E-state index contributed by atoms with van der Waals surface area (Å²) in [5, 5.41) is 12.1. The Bertz CT molecular complexity index is 1710. The molecule has 0 unspecified atom stereocenters. The first-order chi connectivity index (χ1) is 15.5. The van der Waals surface area contributed by atoms with Crippen LogP contribution in [0.1, 0.15) is 10.4 Å². The zero-order chi connectivity index (χ0) is 25.6. The largest absolute Gasteiger partial charge is 1.00 e. The number of rotatable bonds is 6. The molecule has 3 aromatic rings. The first kappa shape index (κ1) is 36.5. The van der Waals surface area contributed by atoms with E-state index in [9.17, 15) is 53.8 Å². The summed E-state index contributed by atoms with van der Waals surface area (Å²) in [6.45, 7) is 0. The van der Waals surface area contributed by atoms with Gasteiger partial charge in [-0.1, -0.05) is 12.1 Å². The Morgan fingerprint density at radius 2 is 1.32 bits per heavy atom. The number of nitro groups is 1. The average Bonchev–Trinajstić information content (AvgIpc) is 2.70. The molecule has 0 radical (unpaired) electrons. The van der Waals surface area contributed by atoms with E-state index in [0.717, 1.165) is 24.3 Å². The number of amides is 1. The molecule has 0 aliphatic rings. The van der Waals surface area contributed by atoms with Gasteiger partial charge < -0.3 is 19.0 Å². The summed E-state index contributed by atoms with van der Waals surface area (Å²) < 4.78 is 104. The molecule has 0 spiro atoms. The van der Waals surface area contributed by atoms with Crippen LogP contribution in [0.3, 0.4) is 0 Å². The number of hydrogen-bond acceptors (Lipinski definition) is 12. The van der Waals surface area contributed by atoms with Gasteiger partial charge in [0.25, 0.3) is 11.6 Å². The van der Waals surface area contributed by atoms with E-state index in [1.807, 2.05) is 5.32 Å². The molecule has 1 amide bonds. The van der Waals surface area contributed by atoms with Crippen LogP contribution in [0.25, 0.3) is 10.8 Å². The number of carbonyl (C=O) groups excluding carboxylic acids is 1. The normalized spacial score (nSPS) is 11.4. The third-order valence-corrected chi connectivity index (χ3v) is 6.98. The SMILES string of the molecule is O=C(Nc1cc(S(=O)(=O)[O-])cc2cccc(S(=O)(=O)[O-])c12)c1ccc([N+](=O)[O-])cc1S(=O)(=O)[O-].[Na+].[Na+].[Na+]. The van der Waals surface area contributed by atoms with Crippen molar-refractivity contribution in [1.82, 2.24) is 0 Å². The summed E-state index contributed by atoms with van der Waals surface area (Å²) in [5.41, 5.74) is -2.44. The predicted molar refractivity (Wildman–Crippen MR) is 109 cm³/mol. The second-order valence-electron chi connectivity index (χ2n) is 6.58. The van der Waals surface area contributed by atoms with Crippen molar-refractivity contribution in [3.63, 3.8) is 0 Å². The van der Waals surface area contributed by atoms with Gasteiger partial charge in [0, 0.05) is 17.5 Å². The summed E-state index contributed by atoms with van der Waals surface area (Å²) in [5.74, 6) is -1.44. The van der Waals surface area contributed by atoms with Gasteiger partial charge in [0.05, 0.1) is 30.9 Å². The molecular weight excluding hydrogens is 589 g/mol. The first-order valence-electron chi connectivity index (χ1n) is 8.54. The van der Waals surface area contributed by atoms with Gasteiger partial charge in [0.15, 0.2) is 0 Å². The first-order valence-corrected chi connectivity index (χ1v) is 12.8. The van der Waals surface area contributed by atoms with Crippen LogP contribution in [0, 0.1) is 10.1 Å². The molecule has 180 valence electrons. The summed E-state index contributed by atoms with van der Waals surface area (Å²) in [6.07, 6.45) is 0. The Morgan fingerprint density at radius 3 is 1.81 bits per heavy atom. The van der Waals surface area contributed by atoms with Gasteiger partial charge in [-0.05, 0) is 29.7 Å².